The van der Waals surface area contributed by atoms with Gasteiger partial charge in [-0.25, -0.2) is 0 Å². The summed E-state index contributed by atoms with van der Waals surface area (Å²) in [7, 11) is 1.64. The Labute approximate surface area is 82.0 Å². The van der Waals surface area contributed by atoms with Gasteiger partial charge in [0.2, 0.25) is 0 Å². The number of pyridine rings is 1. The van der Waals surface area contributed by atoms with Crippen LogP contribution < -0.4 is 4.74 Å². The van der Waals surface area contributed by atoms with Crippen molar-refractivity contribution in [3.63, 3.8) is 0 Å². The molecule has 0 N–H and O–H groups in total. The van der Waals surface area contributed by atoms with Crippen LogP contribution in [0.4, 0.5) is 0 Å². The van der Waals surface area contributed by atoms with Crippen molar-refractivity contribution < 1.29 is 4.74 Å². The van der Waals surface area contributed by atoms with Crippen LogP contribution in [0, 0.1) is 6.92 Å². The molecular formula is C11H21NO. The Balaban J connectivity index is 0. The second-order valence-corrected chi connectivity index (χ2v) is 1.85. The molecule has 0 atom stereocenters. The molecule has 0 saturated heterocycles. The number of aryl methyl sites for hydroxylation is 1. The van der Waals surface area contributed by atoms with Crippen LogP contribution in [-0.2, 0) is 0 Å². The molecule has 0 bridgehead atoms. The molecule has 0 unspecified atom stereocenters. The molecule has 1 heterocycles. The third kappa shape index (κ3) is 6.14. The zero-order valence-corrected chi connectivity index (χ0v) is 9.59. The Hall–Kier alpha value is -1.05. The molecule has 0 fully saturated rings. The lowest BCUT2D eigenvalue weighted by atomic mass is 10.3. The van der Waals surface area contributed by atoms with E-state index in [0.29, 0.717) is 0 Å². The molecule has 0 aliphatic rings. The third-order valence-corrected chi connectivity index (χ3v) is 1.21. The molecular weight excluding hydrogens is 162 g/mol. The Bertz CT molecular complexity index is 199. The number of aromatic nitrogens is 1. The molecule has 0 amide bonds. The van der Waals surface area contributed by atoms with Gasteiger partial charge in [0, 0.05) is 6.20 Å². The lowest BCUT2D eigenvalue weighted by molar-refractivity contribution is 0.410. The predicted octanol–water partition coefficient (Wildman–Crippen LogP) is 3.45. The number of nitrogens with zero attached hydrogens (tertiary/aromatic N) is 1. The topological polar surface area (TPSA) is 22.1 Å². The summed E-state index contributed by atoms with van der Waals surface area (Å²) >= 11 is 0. The van der Waals surface area contributed by atoms with E-state index in [1.165, 1.54) is 0 Å². The molecule has 0 aliphatic heterocycles. The molecule has 13 heavy (non-hydrogen) atoms. The zero-order valence-electron chi connectivity index (χ0n) is 9.59. The first-order valence-electron chi connectivity index (χ1n) is 4.79. The minimum Gasteiger partial charge on any atom is -0.495 e. The maximum atomic E-state index is 4.98. The Morgan fingerprint density at radius 3 is 2.00 bits per heavy atom. The first kappa shape index (κ1) is 14.5. The van der Waals surface area contributed by atoms with Crippen LogP contribution in [0.1, 0.15) is 33.3 Å². The monoisotopic (exact) mass is 183 g/mol. The Morgan fingerprint density at radius 1 is 1.15 bits per heavy atom. The highest BCUT2D eigenvalue weighted by molar-refractivity contribution is 5.27. The number of hydrogen-bond donors (Lipinski definition) is 0. The second kappa shape index (κ2) is 11.0. The molecule has 1 aromatic heterocycles. The van der Waals surface area contributed by atoms with Gasteiger partial charge in [-0.3, -0.25) is 4.98 Å². The maximum Gasteiger partial charge on any atom is 0.140 e. The molecule has 0 aromatic carbocycles. The number of hydrogen-bond acceptors (Lipinski definition) is 2. The second-order valence-electron chi connectivity index (χ2n) is 1.85. The van der Waals surface area contributed by atoms with Crippen LogP contribution in [0.5, 0.6) is 5.75 Å². The molecule has 0 aliphatic carbocycles. The standard InChI is InChI=1S/C7H9NO.2C2H6/c1-6-3-4-8-5-7(6)9-2;2*1-2/h3-5H,1-2H3;2*1-2H3. The van der Waals surface area contributed by atoms with E-state index in [2.05, 4.69) is 4.98 Å². The van der Waals surface area contributed by atoms with Crippen molar-refractivity contribution in [1.82, 2.24) is 4.98 Å². The van der Waals surface area contributed by atoms with Crippen molar-refractivity contribution in [2.75, 3.05) is 7.11 Å². The molecule has 2 nitrogen and oxygen atoms in total. The molecule has 0 radical (unpaired) electrons. The summed E-state index contributed by atoms with van der Waals surface area (Å²) in [6.07, 6.45) is 3.45. The van der Waals surface area contributed by atoms with E-state index in [9.17, 15) is 0 Å². The van der Waals surface area contributed by atoms with Gasteiger partial charge in [0.1, 0.15) is 5.75 Å². The average Bonchev–Trinajstić information content (AvgIpc) is 2.24. The summed E-state index contributed by atoms with van der Waals surface area (Å²) in [6.45, 7) is 9.99. The zero-order chi connectivity index (χ0) is 10.7. The summed E-state index contributed by atoms with van der Waals surface area (Å²) in [5.41, 5.74) is 1.12. The SMILES string of the molecule is CC.CC.COc1cnccc1C. The highest BCUT2D eigenvalue weighted by Crippen LogP contribution is 2.12. The normalized spacial score (nSPS) is 7.23. The summed E-state index contributed by atoms with van der Waals surface area (Å²) < 4.78 is 4.98. The third-order valence-electron chi connectivity index (χ3n) is 1.21. The van der Waals surface area contributed by atoms with Gasteiger partial charge in [-0.05, 0) is 18.6 Å². The van der Waals surface area contributed by atoms with E-state index < -0.39 is 0 Å². The van der Waals surface area contributed by atoms with Gasteiger partial charge in [-0.1, -0.05) is 27.7 Å². The van der Waals surface area contributed by atoms with E-state index in [4.69, 9.17) is 4.74 Å². The number of rotatable bonds is 1. The van der Waals surface area contributed by atoms with Gasteiger partial charge in [-0.2, -0.15) is 0 Å². The fourth-order valence-electron chi connectivity index (χ4n) is 0.663. The first-order chi connectivity index (χ1) is 6.34. The molecule has 0 saturated carbocycles. The largest absolute Gasteiger partial charge is 0.495 e. The molecule has 2 heteroatoms. The van der Waals surface area contributed by atoms with Crippen molar-refractivity contribution in [2.24, 2.45) is 0 Å². The summed E-state index contributed by atoms with van der Waals surface area (Å²) in [4.78, 5) is 3.89. The number of methoxy groups -OCH3 is 1. The van der Waals surface area contributed by atoms with Crippen LogP contribution in [0.15, 0.2) is 18.5 Å². The fraction of sp³-hybridized carbons (Fsp3) is 0.545. The molecule has 0 spiro atoms. The van der Waals surface area contributed by atoms with Crippen molar-refractivity contribution in [3.05, 3.63) is 24.0 Å². The highest BCUT2D eigenvalue weighted by Gasteiger charge is 1.92. The van der Waals surface area contributed by atoms with Gasteiger partial charge in [0.05, 0.1) is 13.3 Å². The fourth-order valence-corrected chi connectivity index (χ4v) is 0.663. The van der Waals surface area contributed by atoms with E-state index in [1.54, 1.807) is 19.5 Å². The summed E-state index contributed by atoms with van der Waals surface area (Å²) in [5, 5.41) is 0. The molecule has 1 aromatic rings. The minimum absolute atomic E-state index is 0.845. The van der Waals surface area contributed by atoms with Crippen molar-refractivity contribution in [2.45, 2.75) is 34.6 Å². The Morgan fingerprint density at radius 2 is 1.69 bits per heavy atom. The highest BCUT2D eigenvalue weighted by atomic mass is 16.5. The van der Waals surface area contributed by atoms with Crippen LogP contribution in [0.3, 0.4) is 0 Å². The quantitative estimate of drug-likeness (QED) is 0.665. The molecule has 76 valence electrons. The van der Waals surface area contributed by atoms with Gasteiger partial charge in [0.15, 0.2) is 0 Å². The van der Waals surface area contributed by atoms with Crippen LogP contribution >= 0.6 is 0 Å². The smallest absolute Gasteiger partial charge is 0.140 e. The van der Waals surface area contributed by atoms with Crippen molar-refractivity contribution in [3.8, 4) is 5.75 Å². The van der Waals surface area contributed by atoms with Crippen molar-refractivity contribution in [1.29, 1.82) is 0 Å². The first-order valence-corrected chi connectivity index (χ1v) is 4.79. The van der Waals surface area contributed by atoms with E-state index in [1.807, 2.05) is 40.7 Å². The maximum absolute atomic E-state index is 4.98. The van der Waals surface area contributed by atoms with Gasteiger partial charge in [0.25, 0.3) is 0 Å². The minimum atomic E-state index is 0.845. The lowest BCUT2D eigenvalue weighted by Crippen LogP contribution is -1.86. The van der Waals surface area contributed by atoms with Crippen LogP contribution in [-0.4, -0.2) is 12.1 Å². The number of ether oxygens (including phenoxy) is 1. The van der Waals surface area contributed by atoms with Gasteiger partial charge < -0.3 is 4.74 Å². The van der Waals surface area contributed by atoms with Crippen LogP contribution in [0.2, 0.25) is 0 Å². The van der Waals surface area contributed by atoms with E-state index in [-0.39, 0.29) is 0 Å². The van der Waals surface area contributed by atoms with Gasteiger partial charge >= 0.3 is 0 Å². The van der Waals surface area contributed by atoms with Crippen LogP contribution in [0.25, 0.3) is 0 Å². The lowest BCUT2D eigenvalue weighted by Gasteiger charge is -1.99. The summed E-state index contributed by atoms with van der Waals surface area (Å²) in [5.74, 6) is 0.845. The average molecular weight is 183 g/mol. The molecule has 1 rings (SSSR count). The van der Waals surface area contributed by atoms with E-state index >= 15 is 0 Å². The summed E-state index contributed by atoms with van der Waals surface area (Å²) in [6, 6.07) is 1.92. The Kier molecular flexibility index (Phi) is 12.2. The van der Waals surface area contributed by atoms with Crippen molar-refractivity contribution >= 4 is 0 Å². The van der Waals surface area contributed by atoms with Gasteiger partial charge in [-0.15, -0.1) is 0 Å². The van der Waals surface area contributed by atoms with E-state index in [0.717, 1.165) is 11.3 Å². The predicted molar refractivity (Wildman–Crippen MR) is 58.2 cm³/mol.